The van der Waals surface area contributed by atoms with E-state index in [0.29, 0.717) is 0 Å². The van der Waals surface area contributed by atoms with Gasteiger partial charge in [0.05, 0.1) is 11.0 Å². The highest BCUT2D eigenvalue weighted by molar-refractivity contribution is 5.55. The fraction of sp³-hybridized carbons (Fsp3) is 0.250. The first-order valence-electron chi connectivity index (χ1n) is 3.40. The van der Waals surface area contributed by atoms with Gasteiger partial charge in [-0.2, -0.15) is 0 Å². The van der Waals surface area contributed by atoms with Gasteiger partial charge in [0.15, 0.2) is 0 Å². The predicted octanol–water partition coefficient (Wildman–Crippen LogP) is 2.40. The summed E-state index contributed by atoms with van der Waals surface area (Å²) in [5.74, 6) is 0. The molecule has 0 aliphatic heterocycles. The van der Waals surface area contributed by atoms with Crippen LogP contribution in [0.15, 0.2) is 23.5 Å². The van der Waals surface area contributed by atoms with Crippen LogP contribution in [0.5, 0.6) is 0 Å². The van der Waals surface area contributed by atoms with Gasteiger partial charge < -0.3 is 0 Å². The molecule has 3 heteroatoms. The second-order valence-corrected chi connectivity index (χ2v) is 2.47. The first-order chi connectivity index (χ1) is 5.25. The van der Waals surface area contributed by atoms with Gasteiger partial charge in [-0.3, -0.25) is 0 Å². The van der Waals surface area contributed by atoms with Crippen molar-refractivity contribution in [3.8, 4) is 0 Å². The molecule has 58 valence electrons. The molecule has 0 unspecified atom stereocenters. The summed E-state index contributed by atoms with van der Waals surface area (Å²) in [6, 6.07) is 5.81. The Morgan fingerprint density at radius 2 is 1.82 bits per heavy atom. The van der Waals surface area contributed by atoms with E-state index in [1.165, 1.54) is 0 Å². The van der Waals surface area contributed by atoms with Gasteiger partial charge in [0.2, 0.25) is 0 Å². The van der Waals surface area contributed by atoms with Crippen LogP contribution in [0.3, 0.4) is 0 Å². The quantitative estimate of drug-likeness (QED) is 0.519. The molecule has 1 N–H and O–H groups in total. The van der Waals surface area contributed by atoms with Crippen molar-refractivity contribution in [2.45, 2.75) is 13.8 Å². The average Bonchev–Trinajstić information content (AvgIpc) is 1.97. The van der Waals surface area contributed by atoms with Gasteiger partial charge in [0.25, 0.3) is 0 Å². The van der Waals surface area contributed by atoms with Crippen molar-refractivity contribution in [2.24, 2.45) is 5.29 Å². The number of hydrogen-bond donors (Lipinski definition) is 1. The van der Waals surface area contributed by atoms with E-state index in [0.717, 1.165) is 16.8 Å². The van der Waals surface area contributed by atoms with E-state index in [1.807, 2.05) is 32.0 Å². The van der Waals surface area contributed by atoms with Crippen LogP contribution in [0.1, 0.15) is 11.1 Å². The molecule has 0 spiro atoms. The molecule has 3 nitrogen and oxygen atoms in total. The molecule has 0 radical (unpaired) electrons. The molecule has 1 aromatic rings. The Morgan fingerprint density at radius 1 is 1.27 bits per heavy atom. The largest absolute Gasteiger partial charge is 0.242 e. The minimum Gasteiger partial charge on any atom is -0.242 e. The standard InChI is InChI=1S/C8H10N2O/c1-6-4-3-5-7(2)8(6)9-10-11/h3-5H,1-2H3,(H,9,11). The second-order valence-electron chi connectivity index (χ2n) is 2.47. The minimum absolute atomic E-state index is 0.808. The van der Waals surface area contributed by atoms with Crippen molar-refractivity contribution in [3.63, 3.8) is 0 Å². The lowest BCUT2D eigenvalue weighted by Crippen LogP contribution is -1.92. The fourth-order valence-electron chi connectivity index (χ4n) is 1.04. The van der Waals surface area contributed by atoms with Crippen molar-refractivity contribution in [1.29, 1.82) is 0 Å². The number of nitrogens with one attached hydrogen (secondary N) is 1. The van der Waals surface area contributed by atoms with Gasteiger partial charge in [-0.25, -0.2) is 5.43 Å². The summed E-state index contributed by atoms with van der Waals surface area (Å²) in [6.07, 6.45) is 0. The van der Waals surface area contributed by atoms with Gasteiger partial charge in [-0.15, -0.1) is 4.91 Å². The molecule has 0 saturated carbocycles. The Labute approximate surface area is 65.4 Å². The summed E-state index contributed by atoms with van der Waals surface area (Å²) in [7, 11) is 0. The molecule has 11 heavy (non-hydrogen) atoms. The molecular weight excluding hydrogens is 140 g/mol. The van der Waals surface area contributed by atoms with Gasteiger partial charge >= 0.3 is 0 Å². The molecule has 0 heterocycles. The number of para-hydroxylation sites is 1. The maximum absolute atomic E-state index is 9.92. The predicted molar refractivity (Wildman–Crippen MR) is 45.3 cm³/mol. The van der Waals surface area contributed by atoms with E-state index in [-0.39, 0.29) is 0 Å². The first kappa shape index (κ1) is 7.72. The normalized spacial score (nSPS) is 9.27. The molecule has 0 aliphatic carbocycles. The summed E-state index contributed by atoms with van der Waals surface area (Å²) >= 11 is 0. The fourth-order valence-corrected chi connectivity index (χ4v) is 1.04. The Balaban J connectivity index is 3.09. The van der Waals surface area contributed by atoms with Crippen molar-refractivity contribution in [1.82, 2.24) is 0 Å². The van der Waals surface area contributed by atoms with Gasteiger partial charge in [0.1, 0.15) is 0 Å². The highest BCUT2D eigenvalue weighted by Crippen LogP contribution is 2.18. The lowest BCUT2D eigenvalue weighted by molar-refractivity contribution is 1.25. The Kier molecular flexibility index (Phi) is 2.21. The summed E-state index contributed by atoms with van der Waals surface area (Å²) < 4.78 is 0. The van der Waals surface area contributed by atoms with Crippen LogP contribution in [-0.4, -0.2) is 0 Å². The highest BCUT2D eigenvalue weighted by Gasteiger charge is 1.98. The number of aryl methyl sites for hydroxylation is 2. The molecule has 1 aromatic carbocycles. The van der Waals surface area contributed by atoms with E-state index < -0.39 is 0 Å². The summed E-state index contributed by atoms with van der Waals surface area (Å²) in [5.41, 5.74) is 5.29. The Bertz CT molecular complexity index is 251. The smallest absolute Gasteiger partial charge is 0.0652 e. The Morgan fingerprint density at radius 3 is 2.27 bits per heavy atom. The number of nitroso groups, excluding NO2 is 1. The molecule has 1 rings (SSSR count). The minimum atomic E-state index is 0.808. The zero-order chi connectivity index (χ0) is 8.27. The summed E-state index contributed by atoms with van der Waals surface area (Å²) in [5, 5.41) is 2.63. The van der Waals surface area contributed by atoms with Gasteiger partial charge in [0, 0.05) is 0 Å². The van der Waals surface area contributed by atoms with Gasteiger partial charge in [-0.1, -0.05) is 18.2 Å². The molecule has 0 fully saturated rings. The van der Waals surface area contributed by atoms with Crippen LogP contribution in [0.4, 0.5) is 5.69 Å². The second kappa shape index (κ2) is 3.14. The third kappa shape index (κ3) is 1.55. The van der Waals surface area contributed by atoms with Crippen LogP contribution in [0.2, 0.25) is 0 Å². The SMILES string of the molecule is Cc1cccc(C)c1NN=O. The lowest BCUT2D eigenvalue weighted by atomic mass is 10.1. The summed E-state index contributed by atoms with van der Waals surface area (Å²) in [4.78, 5) is 9.92. The van der Waals surface area contributed by atoms with Crippen LogP contribution < -0.4 is 5.43 Å². The van der Waals surface area contributed by atoms with E-state index in [2.05, 4.69) is 10.7 Å². The number of nitrogens with zero attached hydrogens (tertiary/aromatic N) is 1. The third-order valence-electron chi connectivity index (χ3n) is 1.64. The molecule has 0 atom stereocenters. The molecule has 0 bridgehead atoms. The zero-order valence-electron chi connectivity index (χ0n) is 6.59. The van der Waals surface area contributed by atoms with Crippen LogP contribution in [0, 0.1) is 18.8 Å². The van der Waals surface area contributed by atoms with Crippen molar-refractivity contribution in [3.05, 3.63) is 34.2 Å². The number of hydrogen-bond acceptors (Lipinski definition) is 2. The molecule has 0 saturated heterocycles. The third-order valence-corrected chi connectivity index (χ3v) is 1.64. The van der Waals surface area contributed by atoms with E-state index in [1.54, 1.807) is 0 Å². The van der Waals surface area contributed by atoms with E-state index in [9.17, 15) is 4.91 Å². The van der Waals surface area contributed by atoms with Crippen LogP contribution in [0.25, 0.3) is 0 Å². The van der Waals surface area contributed by atoms with Crippen molar-refractivity contribution >= 4 is 5.69 Å². The molecule has 0 amide bonds. The number of benzene rings is 1. The van der Waals surface area contributed by atoms with Crippen LogP contribution in [-0.2, 0) is 0 Å². The monoisotopic (exact) mass is 150 g/mol. The number of anilines is 1. The lowest BCUT2D eigenvalue weighted by Gasteiger charge is -2.04. The molecule has 0 aliphatic rings. The van der Waals surface area contributed by atoms with Crippen LogP contribution >= 0.6 is 0 Å². The first-order valence-corrected chi connectivity index (χ1v) is 3.40. The zero-order valence-corrected chi connectivity index (χ0v) is 6.59. The maximum atomic E-state index is 9.92. The molecular formula is C8H10N2O. The van der Waals surface area contributed by atoms with E-state index >= 15 is 0 Å². The van der Waals surface area contributed by atoms with Crippen molar-refractivity contribution < 1.29 is 0 Å². The maximum Gasteiger partial charge on any atom is 0.0652 e. The molecule has 0 aromatic heterocycles. The highest BCUT2D eigenvalue weighted by atomic mass is 16.3. The average molecular weight is 150 g/mol. The Hall–Kier alpha value is -1.38. The van der Waals surface area contributed by atoms with Crippen molar-refractivity contribution in [2.75, 3.05) is 5.43 Å². The van der Waals surface area contributed by atoms with Gasteiger partial charge in [-0.05, 0) is 25.0 Å². The van der Waals surface area contributed by atoms with E-state index in [4.69, 9.17) is 0 Å². The number of rotatable bonds is 2. The topological polar surface area (TPSA) is 41.5 Å². The summed E-state index contributed by atoms with van der Waals surface area (Å²) in [6.45, 7) is 3.86.